The van der Waals surface area contributed by atoms with Crippen LogP contribution in [0.3, 0.4) is 0 Å². The number of nitrogens with zero attached hydrogens (tertiary/aromatic N) is 1. The van der Waals surface area contributed by atoms with E-state index in [1.54, 1.807) is 0 Å². The summed E-state index contributed by atoms with van der Waals surface area (Å²) >= 11 is 0. The molecule has 168 valence electrons. The smallest absolute Gasteiger partial charge is 0.223 e. The molecule has 1 aliphatic heterocycles. The van der Waals surface area contributed by atoms with E-state index in [0.29, 0.717) is 44.6 Å². The Bertz CT molecular complexity index is 954. The van der Waals surface area contributed by atoms with Crippen molar-refractivity contribution in [3.05, 3.63) is 65.5 Å². The number of carbonyl (C=O) groups excluding carboxylic acids is 1. The van der Waals surface area contributed by atoms with Crippen molar-refractivity contribution in [2.24, 2.45) is 5.92 Å². The number of piperidine rings is 1. The first-order valence-electron chi connectivity index (χ1n) is 10.6. The topological polar surface area (TPSA) is 75.7 Å². The molecule has 0 spiro atoms. The van der Waals surface area contributed by atoms with E-state index in [1.165, 1.54) is 34.1 Å². The maximum atomic E-state index is 13.0. The summed E-state index contributed by atoms with van der Waals surface area (Å²) in [5.74, 6) is -0.0683. The summed E-state index contributed by atoms with van der Waals surface area (Å²) in [6, 6.07) is 13.3. The number of halogens is 1. The third-order valence-electron chi connectivity index (χ3n) is 5.48. The quantitative estimate of drug-likeness (QED) is 0.598. The fourth-order valence-electron chi connectivity index (χ4n) is 3.59. The predicted octanol–water partition coefficient (Wildman–Crippen LogP) is 3.13. The molecule has 0 radical (unpaired) electrons. The normalized spacial score (nSPS) is 15.5. The van der Waals surface area contributed by atoms with Gasteiger partial charge in [0.25, 0.3) is 0 Å². The molecular weight excluding hydrogens is 419 g/mol. The molecule has 2 aromatic carbocycles. The Morgan fingerprint density at radius 2 is 1.68 bits per heavy atom. The maximum Gasteiger partial charge on any atom is 0.223 e. The second-order valence-corrected chi connectivity index (χ2v) is 9.66. The molecule has 2 aromatic rings. The van der Waals surface area contributed by atoms with Gasteiger partial charge in [-0.1, -0.05) is 31.2 Å². The summed E-state index contributed by atoms with van der Waals surface area (Å²) in [7, 11) is -3.50. The molecule has 1 aliphatic rings. The Morgan fingerprint density at radius 1 is 1.06 bits per heavy atom. The van der Waals surface area contributed by atoms with Crippen molar-refractivity contribution in [3.8, 4) is 5.75 Å². The van der Waals surface area contributed by atoms with Gasteiger partial charge in [-0.3, -0.25) is 4.79 Å². The third-order valence-corrected chi connectivity index (χ3v) is 7.33. The highest BCUT2D eigenvalue weighted by molar-refractivity contribution is 7.88. The van der Waals surface area contributed by atoms with Crippen LogP contribution in [0.1, 0.15) is 30.9 Å². The van der Waals surface area contributed by atoms with Crippen molar-refractivity contribution in [3.63, 3.8) is 0 Å². The molecule has 0 aromatic heterocycles. The fourth-order valence-corrected chi connectivity index (χ4v) is 5.15. The molecule has 31 heavy (non-hydrogen) atoms. The van der Waals surface area contributed by atoms with E-state index in [2.05, 4.69) is 12.2 Å². The van der Waals surface area contributed by atoms with Gasteiger partial charge in [-0.05, 0) is 54.7 Å². The highest BCUT2D eigenvalue weighted by Crippen LogP contribution is 2.22. The summed E-state index contributed by atoms with van der Waals surface area (Å²) in [4.78, 5) is 12.4. The minimum atomic E-state index is -3.50. The van der Waals surface area contributed by atoms with Gasteiger partial charge in [-0.25, -0.2) is 17.1 Å². The van der Waals surface area contributed by atoms with E-state index in [0.717, 1.165) is 12.2 Å². The van der Waals surface area contributed by atoms with E-state index in [9.17, 15) is 17.6 Å². The van der Waals surface area contributed by atoms with Gasteiger partial charge < -0.3 is 10.1 Å². The molecule has 6 nitrogen and oxygen atoms in total. The number of carbonyl (C=O) groups is 1. The Kier molecular flexibility index (Phi) is 8.03. The first-order valence-corrected chi connectivity index (χ1v) is 12.2. The molecule has 1 amide bonds. The number of amides is 1. The molecule has 3 rings (SSSR count). The fraction of sp³-hybridized carbons (Fsp3) is 0.435. The van der Waals surface area contributed by atoms with Gasteiger partial charge in [0.1, 0.15) is 18.2 Å². The second-order valence-electron chi connectivity index (χ2n) is 7.69. The lowest BCUT2D eigenvalue weighted by atomic mass is 9.97. The summed E-state index contributed by atoms with van der Waals surface area (Å²) < 4.78 is 45.3. The number of aryl methyl sites for hydroxylation is 1. The number of nitrogens with one attached hydrogen (secondary N) is 1. The van der Waals surface area contributed by atoms with Crippen LogP contribution in [0.5, 0.6) is 5.75 Å². The average Bonchev–Trinajstić information content (AvgIpc) is 2.78. The Hall–Kier alpha value is -2.45. The van der Waals surface area contributed by atoms with Crippen molar-refractivity contribution in [2.75, 3.05) is 26.2 Å². The van der Waals surface area contributed by atoms with Crippen LogP contribution in [0.25, 0.3) is 0 Å². The minimum Gasteiger partial charge on any atom is -0.492 e. The molecule has 0 unspecified atom stereocenters. The van der Waals surface area contributed by atoms with E-state index < -0.39 is 15.8 Å². The highest BCUT2D eigenvalue weighted by Gasteiger charge is 2.31. The molecule has 1 fully saturated rings. The summed E-state index contributed by atoms with van der Waals surface area (Å²) in [5.41, 5.74) is 1.79. The van der Waals surface area contributed by atoms with Gasteiger partial charge in [-0.15, -0.1) is 0 Å². The molecule has 0 saturated carbocycles. The van der Waals surface area contributed by atoms with E-state index >= 15 is 0 Å². The van der Waals surface area contributed by atoms with Crippen molar-refractivity contribution < 1.29 is 22.3 Å². The summed E-state index contributed by atoms with van der Waals surface area (Å²) in [5, 5.41) is 2.88. The van der Waals surface area contributed by atoms with Gasteiger partial charge >= 0.3 is 0 Å². The number of hydrogen-bond donors (Lipinski definition) is 1. The highest BCUT2D eigenvalue weighted by atomic mass is 32.2. The molecule has 1 heterocycles. The van der Waals surface area contributed by atoms with Crippen LogP contribution in [0.15, 0.2) is 48.5 Å². The summed E-state index contributed by atoms with van der Waals surface area (Å²) in [6.07, 6.45) is 1.93. The number of rotatable bonds is 9. The molecule has 0 aliphatic carbocycles. The number of benzene rings is 2. The van der Waals surface area contributed by atoms with Gasteiger partial charge in [0.05, 0.1) is 12.3 Å². The van der Waals surface area contributed by atoms with Crippen LogP contribution < -0.4 is 10.1 Å². The average molecular weight is 449 g/mol. The third kappa shape index (κ3) is 6.77. The van der Waals surface area contributed by atoms with Crippen molar-refractivity contribution in [1.29, 1.82) is 0 Å². The molecule has 0 atom stereocenters. The predicted molar refractivity (Wildman–Crippen MR) is 118 cm³/mol. The first-order chi connectivity index (χ1) is 14.9. The number of ether oxygens (including phenoxy) is 1. The van der Waals surface area contributed by atoms with Crippen molar-refractivity contribution in [2.45, 2.75) is 31.9 Å². The van der Waals surface area contributed by atoms with E-state index in [-0.39, 0.29) is 17.6 Å². The lowest BCUT2D eigenvalue weighted by molar-refractivity contribution is -0.126. The zero-order chi connectivity index (χ0) is 22.3. The molecule has 0 bridgehead atoms. The maximum absolute atomic E-state index is 13.0. The largest absolute Gasteiger partial charge is 0.492 e. The van der Waals surface area contributed by atoms with Crippen molar-refractivity contribution >= 4 is 15.9 Å². The van der Waals surface area contributed by atoms with Gasteiger partial charge in [-0.2, -0.15) is 0 Å². The van der Waals surface area contributed by atoms with Crippen LogP contribution in [0.4, 0.5) is 4.39 Å². The lowest BCUT2D eigenvalue weighted by Gasteiger charge is -2.30. The van der Waals surface area contributed by atoms with Gasteiger partial charge in [0, 0.05) is 19.0 Å². The van der Waals surface area contributed by atoms with Crippen LogP contribution >= 0.6 is 0 Å². The molecular formula is C23H29FN2O4S. The second kappa shape index (κ2) is 10.7. The Balaban J connectivity index is 1.39. The van der Waals surface area contributed by atoms with Crippen molar-refractivity contribution in [1.82, 2.24) is 9.62 Å². The van der Waals surface area contributed by atoms with E-state index in [4.69, 9.17) is 4.74 Å². The SMILES string of the molecule is CCc1ccc(OCCNC(=O)C2CCN(S(=O)(=O)Cc3ccc(F)cc3)CC2)cc1. The molecule has 1 saturated heterocycles. The lowest BCUT2D eigenvalue weighted by Crippen LogP contribution is -2.43. The minimum absolute atomic E-state index is 0.0690. The van der Waals surface area contributed by atoms with Gasteiger partial charge in [0.2, 0.25) is 15.9 Å². The van der Waals surface area contributed by atoms with Crippen LogP contribution in [0, 0.1) is 11.7 Å². The summed E-state index contributed by atoms with van der Waals surface area (Å²) in [6.45, 7) is 3.49. The first kappa shape index (κ1) is 23.2. The molecule has 1 N–H and O–H groups in total. The van der Waals surface area contributed by atoms with Crippen LogP contribution in [-0.2, 0) is 27.0 Å². The monoisotopic (exact) mass is 448 g/mol. The zero-order valence-corrected chi connectivity index (χ0v) is 18.5. The van der Waals surface area contributed by atoms with E-state index in [1.807, 2.05) is 24.3 Å². The Labute approximate surface area is 183 Å². The Morgan fingerprint density at radius 3 is 2.29 bits per heavy atom. The van der Waals surface area contributed by atoms with Gasteiger partial charge in [0.15, 0.2) is 0 Å². The number of sulfonamides is 1. The standard InChI is InChI=1S/C23H29FN2O4S/c1-2-18-5-9-22(10-6-18)30-16-13-25-23(27)20-11-14-26(15-12-20)31(28,29)17-19-3-7-21(24)8-4-19/h3-10,20H,2,11-17H2,1H3,(H,25,27). The van der Waals surface area contributed by atoms with Crippen LogP contribution in [0.2, 0.25) is 0 Å². The number of hydrogen-bond acceptors (Lipinski definition) is 4. The zero-order valence-electron chi connectivity index (χ0n) is 17.7. The molecule has 8 heteroatoms. The van der Waals surface area contributed by atoms with Crippen LogP contribution in [-0.4, -0.2) is 44.9 Å².